The Morgan fingerprint density at radius 1 is 0.897 bits per heavy atom. The number of aldehydes is 1. The minimum atomic E-state index is -0.159. The van der Waals surface area contributed by atoms with Crippen LogP contribution in [-0.4, -0.2) is 11.3 Å². The lowest BCUT2D eigenvalue weighted by Gasteiger charge is -2.22. The monoisotopic (exact) mass is 383 g/mol. The molecule has 0 bridgehead atoms. The molecule has 0 fully saturated rings. The molecule has 0 aliphatic rings. The quantitative estimate of drug-likeness (QED) is 0.270. The van der Waals surface area contributed by atoms with Gasteiger partial charge < -0.3 is 4.74 Å². The average Bonchev–Trinajstić information content (AvgIpc) is 2.74. The van der Waals surface area contributed by atoms with Gasteiger partial charge in [0.25, 0.3) is 0 Å². The highest BCUT2D eigenvalue weighted by Crippen LogP contribution is 2.32. The minimum Gasteiger partial charge on any atom is -0.369 e. The predicted molar refractivity (Wildman–Crippen MR) is 118 cm³/mol. The maximum absolute atomic E-state index is 11.9. The zero-order chi connectivity index (χ0) is 20.2. The van der Waals surface area contributed by atoms with E-state index in [1.54, 1.807) is 0 Å². The first-order valence-electron chi connectivity index (χ1n) is 10.1. The average molecular weight is 383 g/mol. The lowest BCUT2D eigenvalue weighted by Crippen LogP contribution is -2.10. The summed E-state index contributed by atoms with van der Waals surface area (Å²) in [4.78, 5) is 16.7. The summed E-state index contributed by atoms with van der Waals surface area (Å²) < 4.78 is 6.32. The molecule has 0 aliphatic carbocycles. The van der Waals surface area contributed by atoms with E-state index in [0.717, 1.165) is 45.6 Å². The number of carbonyl (C=O) groups is 1. The van der Waals surface area contributed by atoms with Crippen LogP contribution in [0, 0.1) is 5.92 Å². The number of pyridine rings is 1. The number of fused-ring (bicyclic) bond motifs is 2. The van der Waals surface area contributed by atoms with Crippen LogP contribution >= 0.6 is 0 Å². The molecule has 0 N–H and O–H groups in total. The Bertz CT molecular complexity index is 1140. The fourth-order valence-corrected chi connectivity index (χ4v) is 3.72. The summed E-state index contributed by atoms with van der Waals surface area (Å²) in [5, 5.41) is 2.05. The van der Waals surface area contributed by atoms with Gasteiger partial charge in [0.15, 0.2) is 0 Å². The van der Waals surface area contributed by atoms with Crippen LogP contribution in [-0.2, 0) is 11.3 Å². The fraction of sp³-hybridized carbons (Fsp3) is 0.231. The molecule has 0 saturated carbocycles. The number of benzene rings is 3. The van der Waals surface area contributed by atoms with Crippen molar-refractivity contribution < 1.29 is 9.53 Å². The van der Waals surface area contributed by atoms with Crippen LogP contribution in [0.3, 0.4) is 0 Å². The summed E-state index contributed by atoms with van der Waals surface area (Å²) in [6.07, 6.45) is 1.61. The first-order chi connectivity index (χ1) is 14.1. The van der Waals surface area contributed by atoms with Gasteiger partial charge in [-0.15, -0.1) is 0 Å². The van der Waals surface area contributed by atoms with Crippen LogP contribution in [0.2, 0.25) is 0 Å². The van der Waals surface area contributed by atoms with E-state index in [-0.39, 0.29) is 6.10 Å². The van der Waals surface area contributed by atoms with Gasteiger partial charge in [0, 0.05) is 16.3 Å². The maximum atomic E-state index is 11.9. The molecule has 1 heterocycles. The molecule has 0 amide bonds. The molecule has 1 atom stereocenters. The molecule has 4 rings (SSSR count). The van der Waals surface area contributed by atoms with Crippen molar-refractivity contribution in [3.8, 4) is 0 Å². The first-order valence-corrected chi connectivity index (χ1v) is 10.1. The molecule has 4 aromatic rings. The van der Waals surface area contributed by atoms with Crippen LogP contribution in [0.1, 0.15) is 47.9 Å². The van der Waals surface area contributed by atoms with Crippen molar-refractivity contribution in [3.63, 3.8) is 0 Å². The number of rotatable bonds is 7. The van der Waals surface area contributed by atoms with Gasteiger partial charge in [0.2, 0.25) is 0 Å². The smallest absolute Gasteiger partial charge is 0.150 e. The van der Waals surface area contributed by atoms with Crippen LogP contribution in [0.15, 0.2) is 72.8 Å². The predicted octanol–water partition coefficient (Wildman–Crippen LogP) is 6.50. The number of nitrogens with zero attached hydrogens (tertiary/aromatic N) is 1. The summed E-state index contributed by atoms with van der Waals surface area (Å²) in [7, 11) is 0. The second-order valence-electron chi connectivity index (χ2n) is 7.89. The Morgan fingerprint density at radius 2 is 1.66 bits per heavy atom. The largest absolute Gasteiger partial charge is 0.369 e. The van der Waals surface area contributed by atoms with Crippen molar-refractivity contribution >= 4 is 28.1 Å². The van der Waals surface area contributed by atoms with Crippen molar-refractivity contribution in [1.29, 1.82) is 0 Å². The fourth-order valence-electron chi connectivity index (χ4n) is 3.72. The summed E-state index contributed by atoms with van der Waals surface area (Å²) in [5.74, 6) is 0.440. The number of aromatic nitrogens is 1. The molecule has 3 aromatic carbocycles. The summed E-state index contributed by atoms with van der Waals surface area (Å²) in [6.45, 7) is 4.86. The number of carbonyl (C=O) groups excluding carboxylic acids is 1. The molecule has 29 heavy (non-hydrogen) atoms. The van der Waals surface area contributed by atoms with Gasteiger partial charge in [-0.3, -0.25) is 4.79 Å². The molecule has 0 radical (unpaired) electrons. The minimum absolute atomic E-state index is 0.159. The van der Waals surface area contributed by atoms with Gasteiger partial charge in [-0.1, -0.05) is 62.4 Å². The molecule has 0 aliphatic heterocycles. The zero-order valence-electron chi connectivity index (χ0n) is 16.8. The molecule has 1 unspecified atom stereocenters. The van der Waals surface area contributed by atoms with Crippen molar-refractivity contribution in [2.75, 3.05) is 0 Å². The summed E-state index contributed by atoms with van der Waals surface area (Å²) >= 11 is 0. The standard InChI is InChI=1S/C26H25NO2/c1-18(2)12-26(29-17-19-8-4-3-5-9-19)23-15-25-21(14-22(23)16-28)13-20-10-6-7-11-24(20)27-25/h3-11,13-16,18,26H,12,17H2,1-2H3. The lowest BCUT2D eigenvalue weighted by molar-refractivity contribution is 0.0255. The molecule has 146 valence electrons. The van der Waals surface area contributed by atoms with Crippen molar-refractivity contribution in [2.24, 2.45) is 5.92 Å². The van der Waals surface area contributed by atoms with Crippen LogP contribution < -0.4 is 0 Å². The van der Waals surface area contributed by atoms with Crippen molar-refractivity contribution in [3.05, 3.63) is 89.5 Å². The Labute approximate surface area is 171 Å². The third kappa shape index (κ3) is 4.36. The highest BCUT2D eigenvalue weighted by molar-refractivity contribution is 5.96. The number of ether oxygens (including phenoxy) is 1. The van der Waals surface area contributed by atoms with Gasteiger partial charge in [0.1, 0.15) is 6.29 Å². The Kier molecular flexibility index (Phi) is 5.68. The van der Waals surface area contributed by atoms with Crippen molar-refractivity contribution in [1.82, 2.24) is 4.98 Å². The van der Waals surface area contributed by atoms with Crippen molar-refractivity contribution in [2.45, 2.75) is 33.0 Å². The van der Waals surface area contributed by atoms with E-state index in [9.17, 15) is 4.79 Å². The Balaban J connectivity index is 1.75. The third-order valence-corrected chi connectivity index (χ3v) is 5.17. The molecular weight excluding hydrogens is 358 g/mol. The second-order valence-corrected chi connectivity index (χ2v) is 7.89. The van der Waals surface area contributed by atoms with Crippen LogP contribution in [0.5, 0.6) is 0 Å². The second kappa shape index (κ2) is 8.54. The van der Waals surface area contributed by atoms with Crippen LogP contribution in [0.25, 0.3) is 21.8 Å². The van der Waals surface area contributed by atoms with E-state index in [2.05, 4.69) is 32.0 Å². The van der Waals surface area contributed by atoms with E-state index in [4.69, 9.17) is 9.72 Å². The number of hydrogen-bond donors (Lipinski definition) is 0. The van der Waals surface area contributed by atoms with E-state index in [1.807, 2.05) is 54.6 Å². The molecule has 0 spiro atoms. The van der Waals surface area contributed by atoms with E-state index in [1.165, 1.54) is 0 Å². The molecule has 1 aromatic heterocycles. The van der Waals surface area contributed by atoms with Gasteiger partial charge in [-0.25, -0.2) is 4.98 Å². The number of hydrogen-bond acceptors (Lipinski definition) is 3. The Hall–Kier alpha value is -3.04. The lowest BCUT2D eigenvalue weighted by atomic mass is 9.94. The normalized spacial score (nSPS) is 12.5. The molecular formula is C26H25NO2. The van der Waals surface area contributed by atoms with E-state index < -0.39 is 0 Å². The third-order valence-electron chi connectivity index (χ3n) is 5.17. The van der Waals surface area contributed by atoms with Gasteiger partial charge >= 0.3 is 0 Å². The first kappa shape index (κ1) is 19.3. The zero-order valence-corrected chi connectivity index (χ0v) is 16.8. The highest BCUT2D eigenvalue weighted by atomic mass is 16.5. The van der Waals surface area contributed by atoms with Crippen LogP contribution in [0.4, 0.5) is 0 Å². The van der Waals surface area contributed by atoms with Gasteiger partial charge in [0.05, 0.1) is 23.7 Å². The summed E-state index contributed by atoms with van der Waals surface area (Å²) in [6, 6.07) is 24.3. The molecule has 3 nitrogen and oxygen atoms in total. The van der Waals surface area contributed by atoms with Gasteiger partial charge in [-0.05, 0) is 47.7 Å². The number of para-hydroxylation sites is 1. The van der Waals surface area contributed by atoms with E-state index in [0.29, 0.717) is 18.1 Å². The molecule has 0 saturated heterocycles. The Morgan fingerprint density at radius 3 is 2.41 bits per heavy atom. The SMILES string of the molecule is CC(C)CC(OCc1ccccc1)c1cc2nc3ccccc3cc2cc1C=O. The highest BCUT2D eigenvalue weighted by Gasteiger charge is 2.19. The van der Waals surface area contributed by atoms with Gasteiger partial charge in [-0.2, -0.15) is 0 Å². The van der Waals surface area contributed by atoms with E-state index >= 15 is 0 Å². The molecule has 3 heteroatoms. The topological polar surface area (TPSA) is 39.2 Å². The summed E-state index contributed by atoms with van der Waals surface area (Å²) in [5.41, 5.74) is 4.56. The maximum Gasteiger partial charge on any atom is 0.150 e.